The minimum Gasteiger partial charge on any atom is -0.394 e. The minimum atomic E-state index is -0.937. The van der Waals surface area contributed by atoms with Gasteiger partial charge in [-0.05, 0) is 18.2 Å². The number of rotatable bonds is 4. The molecule has 1 aromatic rings. The minimum absolute atomic E-state index is 0.0157. The monoisotopic (exact) mass is 229 g/mol. The lowest BCUT2D eigenvalue weighted by molar-refractivity contribution is 0.0802. The Morgan fingerprint density at radius 2 is 2.27 bits per heavy atom. The van der Waals surface area contributed by atoms with E-state index in [1.807, 2.05) is 0 Å². The third-order valence-corrected chi connectivity index (χ3v) is 2.03. The van der Waals surface area contributed by atoms with E-state index in [1.54, 1.807) is 18.2 Å². The Bertz CT molecular complexity index is 343. The molecule has 0 heterocycles. The quantitative estimate of drug-likeness (QED) is 0.701. The summed E-state index contributed by atoms with van der Waals surface area (Å²) in [6, 6.07) is 6.48. The lowest BCUT2D eigenvalue weighted by atomic mass is 10.2. The van der Waals surface area contributed by atoms with Crippen molar-refractivity contribution in [2.75, 3.05) is 13.2 Å². The molecule has 0 radical (unpaired) electrons. The third-order valence-electron chi connectivity index (χ3n) is 1.80. The van der Waals surface area contributed by atoms with Gasteiger partial charge in [0.15, 0.2) is 0 Å². The highest BCUT2D eigenvalue weighted by molar-refractivity contribution is 6.30. The van der Waals surface area contributed by atoms with Crippen molar-refractivity contribution in [3.05, 3.63) is 34.9 Å². The molecule has 0 fully saturated rings. The molecule has 0 aliphatic carbocycles. The number of hydrogen-bond acceptors (Lipinski definition) is 3. The van der Waals surface area contributed by atoms with E-state index in [-0.39, 0.29) is 19.1 Å². The third kappa shape index (κ3) is 3.87. The summed E-state index contributed by atoms with van der Waals surface area (Å²) in [6.45, 7) is -0.363. The lowest BCUT2D eigenvalue weighted by Crippen LogP contribution is -2.33. The first-order valence-corrected chi connectivity index (χ1v) is 4.84. The highest BCUT2D eigenvalue weighted by atomic mass is 35.5. The highest BCUT2D eigenvalue weighted by Crippen LogP contribution is 2.10. The van der Waals surface area contributed by atoms with Crippen LogP contribution in [-0.4, -0.2) is 35.4 Å². The number of benzene rings is 1. The summed E-state index contributed by atoms with van der Waals surface area (Å²) < 4.78 is 0. The van der Waals surface area contributed by atoms with E-state index < -0.39 is 6.10 Å². The number of aliphatic hydroxyl groups excluding tert-OH is 2. The summed E-state index contributed by atoms with van der Waals surface area (Å²) in [5, 5.41) is 20.5. The zero-order valence-corrected chi connectivity index (χ0v) is 8.74. The standard InChI is InChI=1S/C10H12ClNO3/c11-8-3-1-2-7(4-8)10(15)12-5-9(14)6-13/h1-4,9,13-14H,5-6H2,(H,12,15)/t9-/m0/s1. The molecule has 1 atom stereocenters. The maximum atomic E-state index is 11.5. The van der Waals surface area contributed by atoms with Gasteiger partial charge in [0.05, 0.1) is 12.7 Å². The van der Waals surface area contributed by atoms with E-state index in [0.717, 1.165) is 0 Å². The van der Waals surface area contributed by atoms with Crippen molar-refractivity contribution in [3.63, 3.8) is 0 Å². The van der Waals surface area contributed by atoms with E-state index in [9.17, 15) is 4.79 Å². The molecule has 0 spiro atoms. The van der Waals surface area contributed by atoms with Crippen molar-refractivity contribution in [2.45, 2.75) is 6.10 Å². The van der Waals surface area contributed by atoms with Gasteiger partial charge in [0.2, 0.25) is 0 Å². The molecule has 3 N–H and O–H groups in total. The second-order valence-corrected chi connectivity index (χ2v) is 3.49. The van der Waals surface area contributed by atoms with E-state index in [2.05, 4.69) is 5.32 Å². The highest BCUT2D eigenvalue weighted by Gasteiger charge is 2.07. The van der Waals surface area contributed by atoms with E-state index in [0.29, 0.717) is 10.6 Å². The molecule has 1 rings (SSSR count). The van der Waals surface area contributed by atoms with Gasteiger partial charge in [0.25, 0.3) is 5.91 Å². The zero-order valence-electron chi connectivity index (χ0n) is 7.98. The van der Waals surface area contributed by atoms with Crippen LogP contribution in [0.25, 0.3) is 0 Å². The summed E-state index contributed by atoms with van der Waals surface area (Å²) in [5.74, 6) is -0.329. The fourth-order valence-corrected chi connectivity index (χ4v) is 1.20. The average molecular weight is 230 g/mol. The summed E-state index contributed by atoms with van der Waals surface area (Å²) >= 11 is 5.71. The number of halogens is 1. The van der Waals surface area contributed by atoms with E-state index >= 15 is 0 Å². The van der Waals surface area contributed by atoms with Crippen LogP contribution in [0.4, 0.5) is 0 Å². The first-order valence-electron chi connectivity index (χ1n) is 4.46. The topological polar surface area (TPSA) is 69.6 Å². The van der Waals surface area contributed by atoms with Gasteiger partial charge in [0, 0.05) is 17.1 Å². The second kappa shape index (κ2) is 5.70. The van der Waals surface area contributed by atoms with Crippen LogP contribution in [0.15, 0.2) is 24.3 Å². The number of hydrogen-bond donors (Lipinski definition) is 3. The molecular weight excluding hydrogens is 218 g/mol. The van der Waals surface area contributed by atoms with Gasteiger partial charge in [-0.2, -0.15) is 0 Å². The number of nitrogens with one attached hydrogen (secondary N) is 1. The molecule has 0 saturated heterocycles. The van der Waals surface area contributed by atoms with Gasteiger partial charge < -0.3 is 15.5 Å². The van der Waals surface area contributed by atoms with Crippen molar-refractivity contribution < 1.29 is 15.0 Å². The van der Waals surface area contributed by atoms with Crippen LogP contribution in [0, 0.1) is 0 Å². The molecule has 0 aliphatic heterocycles. The van der Waals surface area contributed by atoms with Gasteiger partial charge >= 0.3 is 0 Å². The largest absolute Gasteiger partial charge is 0.394 e. The lowest BCUT2D eigenvalue weighted by Gasteiger charge is -2.08. The average Bonchev–Trinajstić information content (AvgIpc) is 2.25. The van der Waals surface area contributed by atoms with Crippen molar-refractivity contribution in [3.8, 4) is 0 Å². The first-order chi connectivity index (χ1) is 7.13. The molecule has 82 valence electrons. The molecule has 4 nitrogen and oxygen atoms in total. The molecule has 15 heavy (non-hydrogen) atoms. The molecule has 5 heteroatoms. The molecule has 1 amide bonds. The Kier molecular flexibility index (Phi) is 4.55. The summed E-state index contributed by atoms with van der Waals surface area (Å²) in [5.41, 5.74) is 0.424. The molecule has 0 unspecified atom stereocenters. The fourth-order valence-electron chi connectivity index (χ4n) is 1.01. The Morgan fingerprint density at radius 3 is 2.87 bits per heavy atom. The summed E-state index contributed by atoms with van der Waals surface area (Å²) in [6.07, 6.45) is -0.937. The normalized spacial score (nSPS) is 12.2. The van der Waals surface area contributed by atoms with Crippen LogP contribution >= 0.6 is 11.6 Å². The van der Waals surface area contributed by atoms with Gasteiger partial charge in [-0.1, -0.05) is 17.7 Å². The summed E-state index contributed by atoms with van der Waals surface area (Å²) in [4.78, 5) is 11.5. The maximum absolute atomic E-state index is 11.5. The molecule has 0 aliphatic rings. The van der Waals surface area contributed by atoms with Crippen LogP contribution in [0.5, 0.6) is 0 Å². The summed E-state index contributed by atoms with van der Waals surface area (Å²) in [7, 11) is 0. The van der Waals surface area contributed by atoms with Gasteiger partial charge in [0.1, 0.15) is 0 Å². The van der Waals surface area contributed by atoms with E-state index in [4.69, 9.17) is 21.8 Å². The molecule has 0 saturated carbocycles. The number of aliphatic hydroxyl groups is 2. The van der Waals surface area contributed by atoms with Gasteiger partial charge in [-0.3, -0.25) is 4.79 Å². The number of carbonyl (C=O) groups is 1. The Morgan fingerprint density at radius 1 is 1.53 bits per heavy atom. The van der Waals surface area contributed by atoms with Gasteiger partial charge in [-0.25, -0.2) is 0 Å². The molecule has 1 aromatic carbocycles. The van der Waals surface area contributed by atoms with E-state index in [1.165, 1.54) is 6.07 Å². The smallest absolute Gasteiger partial charge is 0.251 e. The van der Waals surface area contributed by atoms with Gasteiger partial charge in [-0.15, -0.1) is 0 Å². The number of carbonyl (C=O) groups excluding carboxylic acids is 1. The van der Waals surface area contributed by atoms with Crippen molar-refractivity contribution in [2.24, 2.45) is 0 Å². The Labute approximate surface area is 92.5 Å². The van der Waals surface area contributed by atoms with Crippen molar-refractivity contribution in [1.82, 2.24) is 5.32 Å². The first kappa shape index (κ1) is 12.0. The SMILES string of the molecule is O=C(NC[C@H](O)CO)c1cccc(Cl)c1. The van der Waals surface area contributed by atoms with Crippen LogP contribution in [0.2, 0.25) is 5.02 Å². The maximum Gasteiger partial charge on any atom is 0.251 e. The van der Waals surface area contributed by atoms with Crippen molar-refractivity contribution >= 4 is 17.5 Å². The zero-order chi connectivity index (χ0) is 11.3. The second-order valence-electron chi connectivity index (χ2n) is 3.06. The Hall–Kier alpha value is -1.10. The van der Waals surface area contributed by atoms with Crippen LogP contribution in [-0.2, 0) is 0 Å². The van der Waals surface area contributed by atoms with Crippen molar-refractivity contribution in [1.29, 1.82) is 0 Å². The predicted octanol–water partition coefficient (Wildman–Crippen LogP) is 0.423. The number of amides is 1. The van der Waals surface area contributed by atoms with Crippen LogP contribution in [0.3, 0.4) is 0 Å². The van der Waals surface area contributed by atoms with Crippen LogP contribution in [0.1, 0.15) is 10.4 Å². The van der Waals surface area contributed by atoms with Crippen LogP contribution < -0.4 is 5.32 Å². The Balaban J connectivity index is 2.54. The molecular formula is C10H12ClNO3. The fraction of sp³-hybridized carbons (Fsp3) is 0.300. The molecule has 0 aromatic heterocycles. The molecule has 0 bridgehead atoms. The predicted molar refractivity (Wildman–Crippen MR) is 56.9 cm³/mol.